The van der Waals surface area contributed by atoms with Crippen LogP contribution in [0.4, 0.5) is 0 Å². The lowest BCUT2D eigenvalue weighted by Gasteiger charge is -2.38. The number of carboxylic acids is 1. The molecule has 0 saturated heterocycles. The molecule has 1 amide bonds. The van der Waals surface area contributed by atoms with E-state index in [0.717, 1.165) is 17.7 Å². The highest BCUT2D eigenvalue weighted by atomic mass is 16.5. The van der Waals surface area contributed by atoms with Gasteiger partial charge in [0.05, 0.1) is 13.0 Å². The number of nitrogens with one attached hydrogen (secondary N) is 1. The van der Waals surface area contributed by atoms with Crippen molar-refractivity contribution < 1.29 is 19.4 Å². The fraction of sp³-hybridized carbons (Fsp3) is 0.467. The topological polar surface area (TPSA) is 75.6 Å². The number of hydrogen-bond donors (Lipinski definition) is 2. The molecule has 0 aliphatic heterocycles. The van der Waals surface area contributed by atoms with Crippen molar-refractivity contribution in [1.29, 1.82) is 0 Å². The van der Waals surface area contributed by atoms with E-state index >= 15 is 0 Å². The fourth-order valence-electron chi connectivity index (χ4n) is 2.22. The van der Waals surface area contributed by atoms with E-state index in [-0.39, 0.29) is 18.9 Å². The summed E-state index contributed by atoms with van der Waals surface area (Å²) in [4.78, 5) is 22.9. The van der Waals surface area contributed by atoms with Crippen LogP contribution in [0.2, 0.25) is 0 Å². The molecule has 0 aromatic heterocycles. The molecular weight excluding hydrogens is 258 g/mol. The number of aryl methyl sites for hydroxylation is 1. The number of carbonyl (C=O) groups excluding carboxylic acids is 1. The van der Waals surface area contributed by atoms with E-state index in [0.29, 0.717) is 12.8 Å². The molecule has 1 fully saturated rings. The standard InChI is InChI=1S/C15H19NO4/c1-11-5-2-3-6-12(11)20-10-7-13(17)16-15(14(18)19)8-4-9-15/h2-3,5-6H,4,7-10H2,1H3,(H,16,17)(H,18,19). The lowest BCUT2D eigenvalue weighted by Crippen LogP contribution is -2.59. The quantitative estimate of drug-likeness (QED) is 0.832. The van der Waals surface area contributed by atoms with Crippen LogP contribution >= 0.6 is 0 Å². The number of aliphatic carboxylic acids is 1. The molecule has 0 atom stereocenters. The second-order valence-corrected chi connectivity index (χ2v) is 5.15. The summed E-state index contributed by atoms with van der Waals surface area (Å²) in [7, 11) is 0. The second kappa shape index (κ2) is 5.94. The molecule has 5 nitrogen and oxygen atoms in total. The molecule has 1 aliphatic rings. The summed E-state index contributed by atoms with van der Waals surface area (Å²) in [6, 6.07) is 7.57. The van der Waals surface area contributed by atoms with Crippen molar-refractivity contribution in [2.75, 3.05) is 6.61 Å². The van der Waals surface area contributed by atoms with Gasteiger partial charge in [0, 0.05) is 0 Å². The van der Waals surface area contributed by atoms with Gasteiger partial charge in [0.25, 0.3) is 0 Å². The van der Waals surface area contributed by atoms with Crippen LogP contribution in [0, 0.1) is 6.92 Å². The minimum Gasteiger partial charge on any atom is -0.493 e. The highest BCUT2D eigenvalue weighted by Crippen LogP contribution is 2.32. The smallest absolute Gasteiger partial charge is 0.329 e. The molecule has 2 rings (SSSR count). The van der Waals surface area contributed by atoms with Gasteiger partial charge < -0.3 is 15.2 Å². The minimum atomic E-state index is -1.04. The van der Waals surface area contributed by atoms with Crippen LogP contribution in [0.1, 0.15) is 31.2 Å². The molecular formula is C15H19NO4. The van der Waals surface area contributed by atoms with E-state index in [9.17, 15) is 9.59 Å². The Balaban J connectivity index is 1.78. The number of amides is 1. The normalized spacial score (nSPS) is 16.1. The highest BCUT2D eigenvalue weighted by molar-refractivity contribution is 5.87. The maximum absolute atomic E-state index is 11.8. The minimum absolute atomic E-state index is 0.156. The molecule has 1 saturated carbocycles. The van der Waals surface area contributed by atoms with Crippen molar-refractivity contribution in [1.82, 2.24) is 5.32 Å². The summed E-state index contributed by atoms with van der Waals surface area (Å²) < 4.78 is 5.53. The molecule has 1 aliphatic carbocycles. The number of ether oxygens (including phenoxy) is 1. The molecule has 0 unspecified atom stereocenters. The third kappa shape index (κ3) is 3.10. The van der Waals surface area contributed by atoms with Crippen LogP contribution in [-0.2, 0) is 9.59 Å². The van der Waals surface area contributed by atoms with Crippen molar-refractivity contribution in [3.05, 3.63) is 29.8 Å². The molecule has 5 heteroatoms. The first-order valence-electron chi connectivity index (χ1n) is 6.76. The summed E-state index contributed by atoms with van der Waals surface area (Å²) in [5.74, 6) is -0.477. The number of carboxylic acid groups (broad SMARTS) is 1. The molecule has 0 heterocycles. The fourth-order valence-corrected chi connectivity index (χ4v) is 2.22. The van der Waals surface area contributed by atoms with Crippen molar-refractivity contribution in [3.63, 3.8) is 0 Å². The SMILES string of the molecule is Cc1ccccc1OCCC(=O)NC1(C(=O)O)CCC1. The van der Waals surface area contributed by atoms with Gasteiger partial charge in [-0.25, -0.2) is 4.79 Å². The first kappa shape index (κ1) is 14.4. The zero-order chi connectivity index (χ0) is 14.6. The van der Waals surface area contributed by atoms with E-state index in [4.69, 9.17) is 9.84 Å². The number of benzene rings is 1. The van der Waals surface area contributed by atoms with Crippen molar-refractivity contribution in [3.8, 4) is 5.75 Å². The first-order chi connectivity index (χ1) is 9.53. The Kier molecular flexibility index (Phi) is 4.27. The van der Waals surface area contributed by atoms with Crippen LogP contribution in [-0.4, -0.2) is 29.1 Å². The number of para-hydroxylation sites is 1. The molecule has 1 aromatic carbocycles. The van der Waals surface area contributed by atoms with E-state index in [2.05, 4.69) is 5.32 Å². The largest absolute Gasteiger partial charge is 0.493 e. The number of carbonyl (C=O) groups is 2. The molecule has 0 bridgehead atoms. The lowest BCUT2D eigenvalue weighted by atomic mass is 9.76. The zero-order valence-electron chi connectivity index (χ0n) is 11.5. The van der Waals surface area contributed by atoms with Crippen LogP contribution in [0.25, 0.3) is 0 Å². The van der Waals surface area contributed by atoms with Gasteiger partial charge in [-0.3, -0.25) is 4.79 Å². The van der Waals surface area contributed by atoms with Crippen molar-refractivity contribution in [2.24, 2.45) is 0 Å². The van der Waals surface area contributed by atoms with Crippen LogP contribution in [0.5, 0.6) is 5.75 Å². The molecule has 20 heavy (non-hydrogen) atoms. The Morgan fingerprint density at radius 3 is 2.60 bits per heavy atom. The monoisotopic (exact) mass is 277 g/mol. The van der Waals surface area contributed by atoms with E-state index in [1.807, 2.05) is 31.2 Å². The summed E-state index contributed by atoms with van der Waals surface area (Å²) in [6.45, 7) is 2.18. The van der Waals surface area contributed by atoms with E-state index < -0.39 is 11.5 Å². The number of hydrogen-bond acceptors (Lipinski definition) is 3. The lowest BCUT2D eigenvalue weighted by molar-refractivity contribution is -0.151. The molecule has 1 aromatic rings. The van der Waals surface area contributed by atoms with E-state index in [1.54, 1.807) is 0 Å². The van der Waals surface area contributed by atoms with Gasteiger partial charge in [-0.1, -0.05) is 18.2 Å². The Hall–Kier alpha value is -2.04. The van der Waals surface area contributed by atoms with Gasteiger partial charge in [-0.15, -0.1) is 0 Å². The van der Waals surface area contributed by atoms with Crippen molar-refractivity contribution in [2.45, 2.75) is 38.1 Å². The van der Waals surface area contributed by atoms with Gasteiger partial charge in [-0.2, -0.15) is 0 Å². The molecule has 108 valence electrons. The number of rotatable bonds is 6. The second-order valence-electron chi connectivity index (χ2n) is 5.15. The van der Waals surface area contributed by atoms with Gasteiger partial charge in [0.1, 0.15) is 11.3 Å². The van der Waals surface area contributed by atoms with E-state index in [1.165, 1.54) is 0 Å². The predicted molar refractivity (Wildman–Crippen MR) is 73.7 cm³/mol. The Labute approximate surface area is 117 Å². The van der Waals surface area contributed by atoms with Gasteiger partial charge in [0.15, 0.2) is 0 Å². The summed E-state index contributed by atoms with van der Waals surface area (Å²) in [5.41, 5.74) is -0.0337. The van der Waals surface area contributed by atoms with Crippen LogP contribution in [0.3, 0.4) is 0 Å². The van der Waals surface area contributed by atoms with Crippen LogP contribution < -0.4 is 10.1 Å². The Morgan fingerprint density at radius 2 is 2.05 bits per heavy atom. The van der Waals surface area contributed by atoms with Crippen molar-refractivity contribution >= 4 is 11.9 Å². The first-order valence-corrected chi connectivity index (χ1v) is 6.76. The van der Waals surface area contributed by atoms with Gasteiger partial charge in [0.2, 0.25) is 5.91 Å². The average molecular weight is 277 g/mol. The van der Waals surface area contributed by atoms with Gasteiger partial charge >= 0.3 is 5.97 Å². The zero-order valence-corrected chi connectivity index (χ0v) is 11.5. The summed E-state index contributed by atoms with van der Waals surface area (Å²) in [5, 5.41) is 11.7. The average Bonchev–Trinajstić information content (AvgIpc) is 2.36. The predicted octanol–water partition coefficient (Wildman–Crippen LogP) is 1.89. The van der Waals surface area contributed by atoms with Gasteiger partial charge in [-0.05, 0) is 37.8 Å². The Bertz CT molecular complexity index is 508. The third-order valence-corrected chi connectivity index (χ3v) is 3.68. The third-order valence-electron chi connectivity index (χ3n) is 3.68. The molecule has 2 N–H and O–H groups in total. The maximum atomic E-state index is 11.8. The maximum Gasteiger partial charge on any atom is 0.329 e. The summed E-state index contributed by atoms with van der Waals surface area (Å²) in [6.07, 6.45) is 2.01. The molecule has 0 spiro atoms. The Morgan fingerprint density at radius 1 is 1.35 bits per heavy atom. The molecule has 0 radical (unpaired) electrons. The summed E-state index contributed by atoms with van der Waals surface area (Å²) >= 11 is 0. The van der Waals surface area contributed by atoms with Crippen LogP contribution in [0.15, 0.2) is 24.3 Å². The highest BCUT2D eigenvalue weighted by Gasteiger charge is 2.45.